The van der Waals surface area contributed by atoms with E-state index in [1.807, 2.05) is 0 Å². The maximum atomic E-state index is 12.2. The number of hydrogen-bond acceptors (Lipinski definition) is 3. The van der Waals surface area contributed by atoms with E-state index in [1.165, 1.54) is 0 Å². The highest BCUT2D eigenvalue weighted by Gasteiger charge is 2.14. The van der Waals surface area contributed by atoms with E-state index < -0.39 is 6.04 Å². The molecule has 0 unspecified atom stereocenters. The SMILES string of the molecule is COc1ccc(NC(=O)[C@H](C)Nc2ccc(Cl)cc2Cl)cc1. The standard InChI is InChI=1S/C16H16Cl2N2O2/c1-10(19-15-8-3-11(17)9-14(15)18)16(21)20-12-4-6-13(22-2)7-5-12/h3-10,19H,1-2H3,(H,20,21)/t10-/m0/s1. The van der Waals surface area contributed by atoms with E-state index in [1.54, 1.807) is 56.5 Å². The van der Waals surface area contributed by atoms with Crippen LogP contribution in [0.4, 0.5) is 11.4 Å². The minimum atomic E-state index is -0.458. The Bertz CT molecular complexity index is 660. The fourth-order valence-electron chi connectivity index (χ4n) is 1.83. The molecule has 0 fully saturated rings. The Morgan fingerprint density at radius 2 is 1.82 bits per heavy atom. The molecule has 0 saturated carbocycles. The summed E-state index contributed by atoms with van der Waals surface area (Å²) in [6, 6.07) is 11.7. The summed E-state index contributed by atoms with van der Waals surface area (Å²) in [6.07, 6.45) is 0. The molecule has 0 aromatic heterocycles. The van der Waals surface area contributed by atoms with Crippen LogP contribution in [-0.4, -0.2) is 19.1 Å². The summed E-state index contributed by atoms with van der Waals surface area (Å²) in [5.74, 6) is 0.563. The molecule has 1 atom stereocenters. The molecule has 2 rings (SSSR count). The first kappa shape index (κ1) is 16.5. The van der Waals surface area contributed by atoms with Gasteiger partial charge in [-0.05, 0) is 49.4 Å². The molecule has 0 heterocycles. The Morgan fingerprint density at radius 1 is 1.14 bits per heavy atom. The average molecular weight is 339 g/mol. The minimum absolute atomic E-state index is 0.170. The lowest BCUT2D eigenvalue weighted by Gasteiger charge is -2.16. The van der Waals surface area contributed by atoms with E-state index in [9.17, 15) is 4.79 Å². The molecule has 116 valence electrons. The van der Waals surface area contributed by atoms with Gasteiger partial charge in [-0.15, -0.1) is 0 Å². The Kier molecular flexibility index (Phi) is 5.52. The van der Waals surface area contributed by atoms with Crippen molar-refractivity contribution in [3.63, 3.8) is 0 Å². The molecule has 2 N–H and O–H groups in total. The van der Waals surface area contributed by atoms with Crippen LogP contribution in [0.25, 0.3) is 0 Å². The highest BCUT2D eigenvalue weighted by molar-refractivity contribution is 6.36. The monoisotopic (exact) mass is 338 g/mol. The molecule has 0 aliphatic carbocycles. The normalized spacial score (nSPS) is 11.6. The molecule has 0 saturated heterocycles. The lowest BCUT2D eigenvalue weighted by molar-refractivity contribution is -0.116. The molecule has 2 aromatic rings. The van der Waals surface area contributed by atoms with Crippen molar-refractivity contribution in [2.45, 2.75) is 13.0 Å². The molecule has 0 aliphatic heterocycles. The second-order valence-electron chi connectivity index (χ2n) is 4.71. The van der Waals surface area contributed by atoms with Crippen molar-refractivity contribution in [3.05, 3.63) is 52.5 Å². The lowest BCUT2D eigenvalue weighted by atomic mass is 10.2. The number of carbonyl (C=O) groups is 1. The Labute approximate surface area is 139 Å². The number of halogens is 2. The molecule has 4 nitrogen and oxygen atoms in total. The van der Waals surface area contributed by atoms with Crippen LogP contribution >= 0.6 is 23.2 Å². The van der Waals surface area contributed by atoms with Crippen LogP contribution in [0.2, 0.25) is 10.0 Å². The Hall–Kier alpha value is -1.91. The fourth-order valence-corrected chi connectivity index (χ4v) is 2.29. The Balaban J connectivity index is 1.99. The molecule has 2 aromatic carbocycles. The van der Waals surface area contributed by atoms with Gasteiger partial charge in [0, 0.05) is 10.7 Å². The van der Waals surface area contributed by atoms with Gasteiger partial charge in [-0.2, -0.15) is 0 Å². The minimum Gasteiger partial charge on any atom is -0.497 e. The van der Waals surface area contributed by atoms with Gasteiger partial charge in [-0.3, -0.25) is 4.79 Å². The summed E-state index contributed by atoms with van der Waals surface area (Å²) < 4.78 is 5.07. The second-order valence-corrected chi connectivity index (χ2v) is 5.55. The lowest BCUT2D eigenvalue weighted by Crippen LogP contribution is -2.31. The molecule has 6 heteroatoms. The van der Waals surface area contributed by atoms with Crippen LogP contribution in [0.5, 0.6) is 5.75 Å². The number of methoxy groups -OCH3 is 1. The predicted molar refractivity (Wildman–Crippen MR) is 91.2 cm³/mol. The van der Waals surface area contributed by atoms with Crippen molar-refractivity contribution < 1.29 is 9.53 Å². The van der Waals surface area contributed by atoms with Gasteiger partial charge in [0.15, 0.2) is 0 Å². The van der Waals surface area contributed by atoms with Crippen molar-refractivity contribution >= 4 is 40.5 Å². The molecule has 0 aliphatic rings. The van der Waals surface area contributed by atoms with Crippen molar-refractivity contribution in [2.24, 2.45) is 0 Å². The predicted octanol–water partition coefficient (Wildman–Crippen LogP) is 4.44. The van der Waals surface area contributed by atoms with Crippen LogP contribution in [0.15, 0.2) is 42.5 Å². The zero-order valence-corrected chi connectivity index (χ0v) is 13.7. The molecule has 0 bridgehead atoms. The Morgan fingerprint density at radius 3 is 2.41 bits per heavy atom. The van der Waals surface area contributed by atoms with E-state index in [0.29, 0.717) is 21.4 Å². The third kappa shape index (κ3) is 4.29. The first-order valence-corrected chi connectivity index (χ1v) is 7.41. The smallest absolute Gasteiger partial charge is 0.246 e. The first-order chi connectivity index (χ1) is 10.5. The van der Waals surface area contributed by atoms with E-state index in [0.717, 1.165) is 5.75 Å². The number of benzene rings is 2. The van der Waals surface area contributed by atoms with Gasteiger partial charge in [0.25, 0.3) is 0 Å². The second kappa shape index (κ2) is 7.38. The summed E-state index contributed by atoms with van der Waals surface area (Å²) in [5.41, 5.74) is 1.35. The zero-order valence-electron chi connectivity index (χ0n) is 12.2. The molecule has 1 amide bonds. The van der Waals surface area contributed by atoms with Gasteiger partial charge < -0.3 is 15.4 Å². The number of carbonyl (C=O) groups excluding carboxylic acids is 1. The summed E-state index contributed by atoms with van der Waals surface area (Å²) in [7, 11) is 1.59. The molecular weight excluding hydrogens is 323 g/mol. The van der Waals surface area contributed by atoms with Gasteiger partial charge in [-0.1, -0.05) is 23.2 Å². The van der Waals surface area contributed by atoms with Crippen molar-refractivity contribution in [2.75, 3.05) is 17.7 Å². The zero-order chi connectivity index (χ0) is 16.1. The van der Waals surface area contributed by atoms with Crippen molar-refractivity contribution in [1.82, 2.24) is 0 Å². The third-order valence-corrected chi connectivity index (χ3v) is 3.60. The summed E-state index contributed by atoms with van der Waals surface area (Å²) in [5, 5.41) is 6.89. The van der Waals surface area contributed by atoms with E-state index in [2.05, 4.69) is 10.6 Å². The van der Waals surface area contributed by atoms with Crippen molar-refractivity contribution in [3.8, 4) is 5.75 Å². The van der Waals surface area contributed by atoms with Crippen LogP contribution in [-0.2, 0) is 4.79 Å². The van der Waals surface area contributed by atoms with Crippen LogP contribution in [0.1, 0.15) is 6.92 Å². The van der Waals surface area contributed by atoms with Gasteiger partial charge in [0.05, 0.1) is 17.8 Å². The van der Waals surface area contributed by atoms with Gasteiger partial charge in [0.1, 0.15) is 11.8 Å². The van der Waals surface area contributed by atoms with Crippen LogP contribution in [0, 0.1) is 0 Å². The summed E-state index contributed by atoms with van der Waals surface area (Å²) in [4.78, 5) is 12.2. The molecule has 0 radical (unpaired) electrons. The summed E-state index contributed by atoms with van der Waals surface area (Å²) in [6.45, 7) is 1.75. The average Bonchev–Trinajstić information content (AvgIpc) is 2.50. The van der Waals surface area contributed by atoms with Gasteiger partial charge in [0.2, 0.25) is 5.91 Å². The summed E-state index contributed by atoms with van der Waals surface area (Å²) >= 11 is 11.9. The van der Waals surface area contributed by atoms with Crippen LogP contribution < -0.4 is 15.4 Å². The maximum absolute atomic E-state index is 12.2. The van der Waals surface area contributed by atoms with Crippen molar-refractivity contribution in [1.29, 1.82) is 0 Å². The van der Waals surface area contributed by atoms with E-state index in [4.69, 9.17) is 27.9 Å². The topological polar surface area (TPSA) is 50.4 Å². The highest BCUT2D eigenvalue weighted by Crippen LogP contribution is 2.26. The number of ether oxygens (including phenoxy) is 1. The number of amides is 1. The molecule has 0 spiro atoms. The first-order valence-electron chi connectivity index (χ1n) is 6.66. The molecular formula is C16H16Cl2N2O2. The number of rotatable bonds is 5. The maximum Gasteiger partial charge on any atom is 0.246 e. The fraction of sp³-hybridized carbons (Fsp3) is 0.188. The van der Waals surface area contributed by atoms with E-state index >= 15 is 0 Å². The molecule has 22 heavy (non-hydrogen) atoms. The third-order valence-electron chi connectivity index (χ3n) is 3.05. The number of anilines is 2. The quantitative estimate of drug-likeness (QED) is 0.847. The van der Waals surface area contributed by atoms with Gasteiger partial charge in [-0.25, -0.2) is 0 Å². The van der Waals surface area contributed by atoms with Crippen LogP contribution in [0.3, 0.4) is 0 Å². The highest BCUT2D eigenvalue weighted by atomic mass is 35.5. The largest absolute Gasteiger partial charge is 0.497 e. The van der Waals surface area contributed by atoms with Gasteiger partial charge >= 0.3 is 0 Å². The van der Waals surface area contributed by atoms with E-state index in [-0.39, 0.29) is 5.91 Å². The number of hydrogen-bond donors (Lipinski definition) is 2. The number of nitrogens with one attached hydrogen (secondary N) is 2.